The number of anilines is 1. The smallest absolute Gasteiger partial charge is 0.341 e. The van der Waals surface area contributed by atoms with Gasteiger partial charge in [-0.25, -0.2) is 4.79 Å². The second-order valence-corrected chi connectivity index (χ2v) is 5.75. The normalized spacial score (nSPS) is 13.0. The molecule has 0 saturated carbocycles. The molecular formula is C19H20N2O5. The summed E-state index contributed by atoms with van der Waals surface area (Å²) in [7, 11) is 1.72. The fraction of sp³-hybridized carbons (Fsp3) is 0.263. The van der Waals surface area contributed by atoms with Crippen LogP contribution in [0.1, 0.15) is 22.8 Å². The average Bonchev–Trinajstić information content (AvgIpc) is 3.13. The van der Waals surface area contributed by atoms with Crippen LogP contribution in [0.4, 0.5) is 5.69 Å². The zero-order valence-corrected chi connectivity index (χ0v) is 14.6. The van der Waals surface area contributed by atoms with Gasteiger partial charge in [-0.1, -0.05) is 18.2 Å². The highest BCUT2D eigenvalue weighted by Crippen LogP contribution is 2.32. The Labute approximate surface area is 151 Å². The van der Waals surface area contributed by atoms with Crippen LogP contribution in [0, 0.1) is 0 Å². The Morgan fingerprint density at radius 1 is 1.15 bits per heavy atom. The van der Waals surface area contributed by atoms with Crippen molar-refractivity contribution in [2.45, 2.75) is 19.6 Å². The van der Waals surface area contributed by atoms with Gasteiger partial charge in [0.15, 0.2) is 17.6 Å². The molecule has 2 aromatic rings. The minimum absolute atomic E-state index is 0.201. The topological polar surface area (TPSA) is 85.9 Å². The lowest BCUT2D eigenvalue weighted by molar-refractivity contribution is -0.129. The van der Waals surface area contributed by atoms with Crippen LogP contribution >= 0.6 is 0 Å². The van der Waals surface area contributed by atoms with Gasteiger partial charge in [-0.3, -0.25) is 4.79 Å². The van der Waals surface area contributed by atoms with Gasteiger partial charge in [-0.15, -0.1) is 0 Å². The van der Waals surface area contributed by atoms with E-state index in [9.17, 15) is 9.59 Å². The van der Waals surface area contributed by atoms with Gasteiger partial charge in [0.1, 0.15) is 0 Å². The molecule has 1 heterocycles. The molecule has 26 heavy (non-hydrogen) atoms. The lowest BCUT2D eigenvalue weighted by atomic mass is 10.2. The largest absolute Gasteiger partial charge is 0.454 e. The van der Waals surface area contributed by atoms with Crippen LogP contribution in [0.3, 0.4) is 0 Å². The monoisotopic (exact) mass is 356 g/mol. The number of carbonyl (C=O) groups excluding carboxylic acids is 2. The molecule has 1 atom stereocenters. The van der Waals surface area contributed by atoms with E-state index in [4.69, 9.17) is 14.2 Å². The summed E-state index contributed by atoms with van der Waals surface area (Å²) < 4.78 is 15.8. The zero-order valence-electron chi connectivity index (χ0n) is 14.6. The average molecular weight is 356 g/mol. The second-order valence-electron chi connectivity index (χ2n) is 5.75. The predicted octanol–water partition coefficient (Wildman–Crippen LogP) is 2.32. The first kappa shape index (κ1) is 17.6. The van der Waals surface area contributed by atoms with Gasteiger partial charge in [-0.2, -0.15) is 0 Å². The molecule has 0 aromatic heterocycles. The summed E-state index contributed by atoms with van der Waals surface area (Å²) in [5.74, 6) is 0.407. The van der Waals surface area contributed by atoms with Crippen LogP contribution in [-0.2, 0) is 16.1 Å². The summed E-state index contributed by atoms with van der Waals surface area (Å²) in [6, 6.07) is 12.4. The van der Waals surface area contributed by atoms with E-state index in [1.165, 1.54) is 6.92 Å². The van der Waals surface area contributed by atoms with Crippen LogP contribution in [-0.4, -0.2) is 31.8 Å². The minimum Gasteiger partial charge on any atom is -0.454 e. The molecule has 7 heteroatoms. The number of hydrogen-bond acceptors (Lipinski definition) is 6. The first-order valence-electron chi connectivity index (χ1n) is 8.22. The number of rotatable bonds is 6. The van der Waals surface area contributed by atoms with Gasteiger partial charge in [0.2, 0.25) is 6.79 Å². The third-order valence-electron chi connectivity index (χ3n) is 3.97. The Kier molecular flexibility index (Phi) is 5.26. The van der Waals surface area contributed by atoms with E-state index in [1.807, 2.05) is 18.2 Å². The van der Waals surface area contributed by atoms with Crippen molar-refractivity contribution in [2.75, 3.05) is 19.2 Å². The molecule has 136 valence electrons. The van der Waals surface area contributed by atoms with Gasteiger partial charge in [0.25, 0.3) is 5.91 Å². The molecule has 1 aliphatic heterocycles. The van der Waals surface area contributed by atoms with E-state index >= 15 is 0 Å². The fourth-order valence-corrected chi connectivity index (χ4v) is 2.54. The molecule has 7 nitrogen and oxygen atoms in total. The van der Waals surface area contributed by atoms with Gasteiger partial charge >= 0.3 is 5.97 Å². The second kappa shape index (κ2) is 7.77. The molecule has 0 radical (unpaired) electrons. The summed E-state index contributed by atoms with van der Waals surface area (Å²) in [6.07, 6.45) is -0.915. The molecule has 1 aliphatic rings. The first-order chi connectivity index (χ1) is 12.6. The summed E-state index contributed by atoms with van der Waals surface area (Å²) >= 11 is 0. The highest BCUT2D eigenvalue weighted by atomic mass is 16.7. The maximum absolute atomic E-state index is 12.3. The molecule has 2 aromatic carbocycles. The number of ether oxygens (including phenoxy) is 3. The highest BCUT2D eigenvalue weighted by molar-refractivity contribution is 5.97. The fourth-order valence-electron chi connectivity index (χ4n) is 2.54. The van der Waals surface area contributed by atoms with Crippen LogP contribution in [0.15, 0.2) is 42.5 Å². The molecule has 0 spiro atoms. The molecular weight excluding hydrogens is 336 g/mol. The molecule has 0 saturated heterocycles. The van der Waals surface area contributed by atoms with Crippen LogP contribution < -0.4 is 20.1 Å². The van der Waals surface area contributed by atoms with Gasteiger partial charge in [0, 0.05) is 19.3 Å². The maximum Gasteiger partial charge on any atom is 0.341 e. The molecule has 1 unspecified atom stereocenters. The molecule has 0 bridgehead atoms. The number of benzene rings is 2. The van der Waals surface area contributed by atoms with E-state index in [0.29, 0.717) is 29.3 Å². The van der Waals surface area contributed by atoms with Crippen molar-refractivity contribution in [3.05, 3.63) is 53.6 Å². The van der Waals surface area contributed by atoms with Crippen molar-refractivity contribution in [1.29, 1.82) is 0 Å². The molecule has 3 rings (SSSR count). The summed E-state index contributed by atoms with van der Waals surface area (Å²) in [4.78, 5) is 24.5. The van der Waals surface area contributed by atoms with Gasteiger partial charge < -0.3 is 24.8 Å². The highest BCUT2D eigenvalue weighted by Gasteiger charge is 2.20. The summed E-state index contributed by atoms with van der Waals surface area (Å²) in [5, 5.41) is 5.67. The SMILES string of the molecule is CNc1ccccc1C(=O)OC(C)C(=O)NCc1ccc2c(c1)OCO2. The molecule has 0 fully saturated rings. The van der Waals surface area contributed by atoms with Crippen LogP contribution in [0.2, 0.25) is 0 Å². The van der Waals surface area contributed by atoms with E-state index < -0.39 is 12.1 Å². The van der Waals surface area contributed by atoms with Crippen molar-refractivity contribution >= 4 is 17.6 Å². The van der Waals surface area contributed by atoms with E-state index in [1.54, 1.807) is 31.3 Å². The molecule has 1 amide bonds. The standard InChI is InChI=1S/C19H20N2O5/c1-12(26-19(23)14-5-3-4-6-15(14)20-2)18(22)21-10-13-7-8-16-17(9-13)25-11-24-16/h3-9,12,20H,10-11H2,1-2H3,(H,21,22). The minimum atomic E-state index is -0.915. The predicted molar refractivity (Wildman–Crippen MR) is 95.3 cm³/mol. The van der Waals surface area contributed by atoms with Crippen molar-refractivity contribution < 1.29 is 23.8 Å². The maximum atomic E-state index is 12.3. The third-order valence-corrected chi connectivity index (χ3v) is 3.97. The number of amides is 1. The van der Waals surface area contributed by atoms with E-state index in [2.05, 4.69) is 10.6 Å². The molecule has 2 N–H and O–H groups in total. The lowest BCUT2D eigenvalue weighted by Gasteiger charge is -2.15. The van der Waals surface area contributed by atoms with Crippen molar-refractivity contribution in [1.82, 2.24) is 5.32 Å². The number of nitrogens with one attached hydrogen (secondary N) is 2. The number of carbonyl (C=O) groups is 2. The number of esters is 1. The lowest BCUT2D eigenvalue weighted by Crippen LogP contribution is -2.35. The summed E-state index contributed by atoms with van der Waals surface area (Å²) in [5.41, 5.74) is 1.89. The number of para-hydroxylation sites is 1. The van der Waals surface area contributed by atoms with Crippen molar-refractivity contribution in [3.8, 4) is 11.5 Å². The Morgan fingerprint density at radius 2 is 1.92 bits per heavy atom. The molecule has 0 aliphatic carbocycles. The van der Waals surface area contributed by atoms with Crippen molar-refractivity contribution in [3.63, 3.8) is 0 Å². The third kappa shape index (κ3) is 3.88. The Morgan fingerprint density at radius 3 is 2.73 bits per heavy atom. The summed E-state index contributed by atoms with van der Waals surface area (Å²) in [6.45, 7) is 2.03. The zero-order chi connectivity index (χ0) is 18.5. The Balaban J connectivity index is 1.55. The number of hydrogen-bond donors (Lipinski definition) is 2. The quantitative estimate of drug-likeness (QED) is 0.773. The van der Waals surface area contributed by atoms with Crippen LogP contribution in [0.25, 0.3) is 0 Å². The van der Waals surface area contributed by atoms with Gasteiger partial charge in [0.05, 0.1) is 5.56 Å². The first-order valence-corrected chi connectivity index (χ1v) is 8.22. The van der Waals surface area contributed by atoms with Crippen LogP contribution in [0.5, 0.6) is 11.5 Å². The van der Waals surface area contributed by atoms with E-state index in [0.717, 1.165) is 5.56 Å². The van der Waals surface area contributed by atoms with E-state index in [-0.39, 0.29) is 12.7 Å². The number of fused-ring (bicyclic) bond motifs is 1. The van der Waals surface area contributed by atoms with Gasteiger partial charge in [-0.05, 0) is 36.8 Å². The van der Waals surface area contributed by atoms with Crippen molar-refractivity contribution in [2.24, 2.45) is 0 Å². The Hall–Kier alpha value is -3.22. The Bertz CT molecular complexity index is 821.